The maximum atomic E-state index is 13.4. The molecule has 4 rings (SSSR count). The summed E-state index contributed by atoms with van der Waals surface area (Å²) in [5.41, 5.74) is 0.812. The van der Waals surface area contributed by atoms with E-state index in [1.165, 1.54) is 6.07 Å². The molecule has 1 saturated heterocycles. The van der Waals surface area contributed by atoms with Gasteiger partial charge in [-0.2, -0.15) is 18.3 Å². The van der Waals surface area contributed by atoms with Crippen LogP contribution in [0.3, 0.4) is 0 Å². The molecule has 0 aliphatic carbocycles. The number of hydrogen-bond donors (Lipinski definition) is 2. The first kappa shape index (κ1) is 24.3. The van der Waals surface area contributed by atoms with Crippen LogP contribution in [0.25, 0.3) is 0 Å². The van der Waals surface area contributed by atoms with Gasteiger partial charge in [-0.3, -0.25) is 14.8 Å². The van der Waals surface area contributed by atoms with E-state index in [0.29, 0.717) is 22.7 Å². The number of benzene rings is 2. The summed E-state index contributed by atoms with van der Waals surface area (Å²) >= 11 is 5.91. The lowest BCUT2D eigenvalue weighted by Gasteiger charge is -2.21. The highest BCUT2D eigenvalue weighted by Gasteiger charge is 2.41. The van der Waals surface area contributed by atoms with Gasteiger partial charge in [-0.25, -0.2) is 0 Å². The smallest absolute Gasteiger partial charge is 0.325 e. The second-order valence-electron chi connectivity index (χ2n) is 9.51. The molecule has 2 aromatic carbocycles. The molecule has 5 nitrogen and oxygen atoms in total. The minimum atomic E-state index is -4.46. The van der Waals surface area contributed by atoms with Crippen LogP contribution in [0.5, 0.6) is 0 Å². The fraction of sp³-hybridized carbons (Fsp3) is 0.360. The van der Waals surface area contributed by atoms with Gasteiger partial charge in [-0.1, -0.05) is 23.7 Å². The molecule has 2 heterocycles. The molecule has 1 amide bonds. The summed E-state index contributed by atoms with van der Waals surface area (Å²) in [5, 5.41) is 11.4. The van der Waals surface area contributed by atoms with Crippen molar-refractivity contribution in [3.63, 3.8) is 0 Å². The molecule has 3 atom stereocenters. The predicted octanol–water partition coefficient (Wildman–Crippen LogP) is 6.14. The largest absolute Gasteiger partial charge is 0.416 e. The lowest BCUT2D eigenvalue weighted by molar-refractivity contribution is -0.137. The highest BCUT2D eigenvalue weighted by molar-refractivity contribution is 6.30. The molecule has 0 spiro atoms. The summed E-state index contributed by atoms with van der Waals surface area (Å²) in [6.07, 6.45) is -2.20. The third-order valence-corrected chi connectivity index (χ3v) is 6.20. The van der Waals surface area contributed by atoms with Gasteiger partial charge in [0.25, 0.3) is 0 Å². The maximum absolute atomic E-state index is 13.4. The van der Waals surface area contributed by atoms with Crippen molar-refractivity contribution in [2.24, 2.45) is 0 Å². The molecule has 0 radical (unpaired) electrons. The van der Waals surface area contributed by atoms with Crippen molar-refractivity contribution in [1.82, 2.24) is 15.1 Å². The molecular weight excluding hydrogens is 465 g/mol. The van der Waals surface area contributed by atoms with Gasteiger partial charge in [0, 0.05) is 28.9 Å². The van der Waals surface area contributed by atoms with Crippen LogP contribution < -0.4 is 10.6 Å². The molecule has 2 N–H and O–H groups in total. The number of nitrogens with one attached hydrogen (secondary N) is 2. The van der Waals surface area contributed by atoms with Crippen LogP contribution in [0.15, 0.2) is 60.8 Å². The van der Waals surface area contributed by atoms with E-state index in [0.717, 1.165) is 17.8 Å². The van der Waals surface area contributed by atoms with Crippen LogP contribution in [-0.2, 0) is 16.5 Å². The number of anilines is 1. The number of amides is 1. The van der Waals surface area contributed by atoms with Crippen molar-refractivity contribution in [2.75, 3.05) is 5.32 Å². The highest BCUT2D eigenvalue weighted by Crippen LogP contribution is 2.41. The van der Waals surface area contributed by atoms with E-state index in [-0.39, 0.29) is 17.4 Å². The van der Waals surface area contributed by atoms with Crippen molar-refractivity contribution in [3.8, 4) is 0 Å². The number of rotatable bonds is 4. The zero-order valence-electron chi connectivity index (χ0n) is 19.0. The maximum Gasteiger partial charge on any atom is 0.416 e. The van der Waals surface area contributed by atoms with E-state index in [4.69, 9.17) is 16.7 Å². The van der Waals surface area contributed by atoms with Gasteiger partial charge in [-0.05, 0) is 75.2 Å². The lowest BCUT2D eigenvalue weighted by atomic mass is 9.90. The van der Waals surface area contributed by atoms with Crippen molar-refractivity contribution < 1.29 is 18.0 Å². The molecule has 0 bridgehead atoms. The second-order valence-corrected chi connectivity index (χ2v) is 9.95. The summed E-state index contributed by atoms with van der Waals surface area (Å²) in [4.78, 5) is 13.0. The minimum absolute atomic E-state index is 0.249. The van der Waals surface area contributed by atoms with Crippen molar-refractivity contribution in [2.45, 2.75) is 56.9 Å². The average Bonchev–Trinajstić information content (AvgIpc) is 3.42. The van der Waals surface area contributed by atoms with Gasteiger partial charge in [0.15, 0.2) is 0 Å². The third kappa shape index (κ3) is 5.28. The van der Waals surface area contributed by atoms with Gasteiger partial charge >= 0.3 is 6.18 Å². The van der Waals surface area contributed by atoms with E-state index >= 15 is 0 Å². The first-order chi connectivity index (χ1) is 15.9. The molecule has 3 aromatic rings. The van der Waals surface area contributed by atoms with Gasteiger partial charge < -0.3 is 5.32 Å². The SMILES string of the molecule is CC(C)(C)n1ccc(C2C[C@@H](C(=O)Nc3ccc(Cl)cc3)N[C@H]2c2cccc(C(F)(F)F)c2)n1. The number of nitrogens with zero attached hydrogens (tertiary/aromatic N) is 2. The Morgan fingerprint density at radius 3 is 2.44 bits per heavy atom. The quantitative estimate of drug-likeness (QED) is 0.462. The Morgan fingerprint density at radius 2 is 1.82 bits per heavy atom. The predicted molar refractivity (Wildman–Crippen MR) is 126 cm³/mol. The van der Waals surface area contributed by atoms with Crippen molar-refractivity contribution in [1.29, 1.82) is 0 Å². The fourth-order valence-electron chi connectivity index (χ4n) is 4.17. The Labute approximate surface area is 201 Å². The Hall–Kier alpha value is -2.84. The summed E-state index contributed by atoms with van der Waals surface area (Å²) in [5.74, 6) is -0.551. The van der Waals surface area contributed by atoms with Crippen LogP contribution in [-0.4, -0.2) is 21.7 Å². The van der Waals surface area contributed by atoms with Crippen LogP contribution in [0, 0.1) is 0 Å². The molecule has 1 aliphatic rings. The van der Waals surface area contributed by atoms with Crippen LogP contribution in [0.1, 0.15) is 56.0 Å². The van der Waals surface area contributed by atoms with Crippen LogP contribution >= 0.6 is 11.6 Å². The van der Waals surface area contributed by atoms with E-state index in [1.54, 1.807) is 30.3 Å². The van der Waals surface area contributed by atoms with E-state index in [2.05, 4.69) is 10.6 Å². The van der Waals surface area contributed by atoms with E-state index < -0.39 is 23.8 Å². The highest BCUT2D eigenvalue weighted by atomic mass is 35.5. The fourth-order valence-corrected chi connectivity index (χ4v) is 4.30. The normalized spacial score (nSPS) is 21.0. The summed E-state index contributed by atoms with van der Waals surface area (Å²) < 4.78 is 42.0. The second kappa shape index (κ2) is 9.07. The Bertz CT molecular complexity index is 1170. The topological polar surface area (TPSA) is 59.0 Å². The number of carbonyl (C=O) groups is 1. The Balaban J connectivity index is 1.65. The zero-order chi connectivity index (χ0) is 24.7. The zero-order valence-corrected chi connectivity index (χ0v) is 19.8. The van der Waals surface area contributed by atoms with Gasteiger partial charge in [0.1, 0.15) is 0 Å². The molecular formula is C25H26ClF3N4O. The molecule has 1 fully saturated rings. The van der Waals surface area contributed by atoms with E-state index in [1.807, 2.05) is 37.7 Å². The summed E-state index contributed by atoms with van der Waals surface area (Å²) in [6, 6.07) is 12.7. The van der Waals surface area contributed by atoms with Gasteiger partial charge in [-0.15, -0.1) is 0 Å². The minimum Gasteiger partial charge on any atom is -0.325 e. The molecule has 0 saturated carbocycles. The standard InChI is InChI=1S/C25H26ClF3N4O/c1-24(2,3)33-12-11-20(32-33)19-14-21(23(34)30-18-9-7-17(26)8-10-18)31-22(19)15-5-4-6-16(13-15)25(27,28)29/h4-13,19,21-22,31H,14H2,1-3H3,(H,30,34)/t19?,21-,22-/m0/s1. The first-order valence-corrected chi connectivity index (χ1v) is 11.4. The molecule has 1 unspecified atom stereocenters. The van der Waals surface area contributed by atoms with Gasteiger partial charge in [0.05, 0.1) is 22.8 Å². The lowest BCUT2D eigenvalue weighted by Crippen LogP contribution is -2.36. The van der Waals surface area contributed by atoms with Crippen LogP contribution in [0.4, 0.5) is 18.9 Å². The van der Waals surface area contributed by atoms with Crippen LogP contribution in [0.2, 0.25) is 5.02 Å². The van der Waals surface area contributed by atoms with Gasteiger partial charge in [0.2, 0.25) is 5.91 Å². The van der Waals surface area contributed by atoms with E-state index in [9.17, 15) is 18.0 Å². The summed E-state index contributed by atoms with van der Waals surface area (Å²) in [7, 11) is 0. The summed E-state index contributed by atoms with van der Waals surface area (Å²) in [6.45, 7) is 6.05. The van der Waals surface area contributed by atoms with Crippen molar-refractivity contribution >= 4 is 23.2 Å². The average molecular weight is 491 g/mol. The number of alkyl halides is 3. The monoisotopic (exact) mass is 490 g/mol. The number of hydrogen-bond acceptors (Lipinski definition) is 3. The number of halogens is 4. The third-order valence-electron chi connectivity index (χ3n) is 5.95. The molecule has 1 aromatic heterocycles. The Morgan fingerprint density at radius 1 is 1.12 bits per heavy atom. The first-order valence-electron chi connectivity index (χ1n) is 11.0. The molecule has 34 heavy (non-hydrogen) atoms. The Kier molecular flexibility index (Phi) is 6.48. The molecule has 180 valence electrons. The number of carbonyl (C=O) groups excluding carboxylic acids is 1. The molecule has 1 aliphatic heterocycles. The van der Waals surface area contributed by atoms with Crippen molar-refractivity contribution in [3.05, 3.63) is 82.6 Å². The molecule has 9 heteroatoms. The number of aromatic nitrogens is 2.